The van der Waals surface area contributed by atoms with Crippen molar-refractivity contribution in [3.8, 4) is 5.75 Å². The largest absolute Gasteiger partial charge is 0.494 e. The second-order valence-electron chi connectivity index (χ2n) is 5.84. The summed E-state index contributed by atoms with van der Waals surface area (Å²) in [5.41, 5.74) is 1.22. The van der Waals surface area contributed by atoms with Gasteiger partial charge in [-0.15, -0.1) is 0 Å². The summed E-state index contributed by atoms with van der Waals surface area (Å²) in [5.74, 6) is -0.197. The Kier molecular flexibility index (Phi) is 7.23. The zero-order valence-electron chi connectivity index (χ0n) is 13.5. The van der Waals surface area contributed by atoms with Crippen LogP contribution in [-0.2, 0) is 4.79 Å². The molecule has 1 aromatic carbocycles. The van der Waals surface area contributed by atoms with Crippen molar-refractivity contribution in [2.45, 2.75) is 40.2 Å². The Bertz CT molecular complexity index is 428. The highest BCUT2D eigenvalue weighted by molar-refractivity contribution is 5.69. The number of hydrogen-bond donors (Lipinski definition) is 1. The average molecular weight is 293 g/mol. The van der Waals surface area contributed by atoms with Crippen molar-refractivity contribution in [3.05, 3.63) is 29.8 Å². The third kappa shape index (κ3) is 6.63. The van der Waals surface area contributed by atoms with E-state index in [0.717, 1.165) is 18.7 Å². The monoisotopic (exact) mass is 293 g/mol. The molecule has 1 unspecified atom stereocenters. The van der Waals surface area contributed by atoms with Crippen LogP contribution in [0.5, 0.6) is 5.75 Å². The van der Waals surface area contributed by atoms with Crippen molar-refractivity contribution in [1.29, 1.82) is 0 Å². The van der Waals surface area contributed by atoms with Crippen LogP contribution < -0.4 is 4.74 Å². The molecule has 0 aliphatic rings. The molecular weight excluding hydrogens is 266 g/mol. The van der Waals surface area contributed by atoms with Crippen molar-refractivity contribution in [2.24, 2.45) is 5.92 Å². The second-order valence-corrected chi connectivity index (χ2v) is 5.84. The zero-order chi connectivity index (χ0) is 15.8. The summed E-state index contributed by atoms with van der Waals surface area (Å²) in [4.78, 5) is 13.1. The van der Waals surface area contributed by atoms with Crippen LogP contribution >= 0.6 is 0 Å². The summed E-state index contributed by atoms with van der Waals surface area (Å²) in [7, 11) is 0. The van der Waals surface area contributed by atoms with E-state index >= 15 is 0 Å². The number of aliphatic carboxylic acids is 1. The van der Waals surface area contributed by atoms with Gasteiger partial charge < -0.3 is 9.84 Å². The van der Waals surface area contributed by atoms with Gasteiger partial charge in [-0.3, -0.25) is 9.69 Å². The summed E-state index contributed by atoms with van der Waals surface area (Å²) in [6.07, 6.45) is 0.887. The third-order valence-electron chi connectivity index (χ3n) is 3.54. The summed E-state index contributed by atoms with van der Waals surface area (Å²) in [6, 6.07) is 8.35. The Morgan fingerprint density at radius 3 is 2.38 bits per heavy atom. The normalized spacial score (nSPS) is 12.7. The first-order valence-electron chi connectivity index (χ1n) is 7.56. The second kappa shape index (κ2) is 8.67. The molecule has 0 spiro atoms. The molecule has 0 saturated carbocycles. The van der Waals surface area contributed by atoms with E-state index in [1.54, 1.807) is 6.92 Å². The maximum absolute atomic E-state index is 10.9. The molecule has 0 amide bonds. The molecule has 1 N–H and O–H groups in total. The predicted molar refractivity (Wildman–Crippen MR) is 84.8 cm³/mol. The number of hydrogen-bond acceptors (Lipinski definition) is 3. The van der Waals surface area contributed by atoms with E-state index in [4.69, 9.17) is 9.84 Å². The van der Waals surface area contributed by atoms with E-state index in [2.05, 4.69) is 18.7 Å². The summed E-state index contributed by atoms with van der Waals surface area (Å²) in [5, 5.41) is 9.00. The van der Waals surface area contributed by atoms with Crippen LogP contribution in [0.2, 0.25) is 0 Å². The minimum atomic E-state index is -0.739. The minimum Gasteiger partial charge on any atom is -0.494 e. The fourth-order valence-electron chi connectivity index (χ4n) is 2.08. The molecule has 4 nitrogen and oxygen atoms in total. The van der Waals surface area contributed by atoms with Gasteiger partial charge in [0.15, 0.2) is 0 Å². The molecule has 0 heterocycles. The quantitative estimate of drug-likeness (QED) is 0.710. The van der Waals surface area contributed by atoms with Crippen molar-refractivity contribution in [2.75, 3.05) is 19.7 Å². The van der Waals surface area contributed by atoms with Gasteiger partial charge in [0.2, 0.25) is 0 Å². The first kappa shape index (κ1) is 17.5. The fraction of sp³-hybridized carbons (Fsp3) is 0.588. The molecule has 0 aromatic heterocycles. The SMILES string of the molecule is Cc1ccc(OCCCN(CC(C)C(=O)O)C(C)C)cc1. The zero-order valence-corrected chi connectivity index (χ0v) is 13.5. The summed E-state index contributed by atoms with van der Waals surface area (Å²) < 4.78 is 5.70. The number of benzene rings is 1. The van der Waals surface area contributed by atoms with Gasteiger partial charge in [-0.1, -0.05) is 24.6 Å². The number of carboxylic acids is 1. The van der Waals surface area contributed by atoms with Gasteiger partial charge in [-0.25, -0.2) is 0 Å². The summed E-state index contributed by atoms with van der Waals surface area (Å²) >= 11 is 0. The van der Waals surface area contributed by atoms with Crippen molar-refractivity contribution >= 4 is 5.97 Å². The van der Waals surface area contributed by atoms with Crippen molar-refractivity contribution in [1.82, 2.24) is 4.90 Å². The van der Waals surface area contributed by atoms with E-state index in [0.29, 0.717) is 19.2 Å². The van der Waals surface area contributed by atoms with E-state index in [1.807, 2.05) is 31.2 Å². The number of carboxylic acid groups (broad SMARTS) is 1. The maximum atomic E-state index is 10.9. The molecule has 1 aromatic rings. The molecule has 0 fully saturated rings. The fourth-order valence-corrected chi connectivity index (χ4v) is 2.08. The maximum Gasteiger partial charge on any atom is 0.307 e. The van der Waals surface area contributed by atoms with E-state index in [-0.39, 0.29) is 5.92 Å². The Labute approximate surface area is 127 Å². The van der Waals surface area contributed by atoms with Crippen molar-refractivity contribution < 1.29 is 14.6 Å². The number of aryl methyl sites for hydroxylation is 1. The van der Waals surface area contributed by atoms with Gasteiger partial charge >= 0.3 is 5.97 Å². The molecule has 0 aliphatic heterocycles. The standard InChI is InChI=1S/C17H27NO3/c1-13(2)18(12-15(4)17(19)20)10-5-11-21-16-8-6-14(3)7-9-16/h6-9,13,15H,5,10-12H2,1-4H3,(H,19,20). The highest BCUT2D eigenvalue weighted by Gasteiger charge is 2.17. The van der Waals surface area contributed by atoms with Crippen LogP contribution in [0.25, 0.3) is 0 Å². The molecule has 0 aliphatic carbocycles. The topological polar surface area (TPSA) is 49.8 Å². The molecule has 0 radical (unpaired) electrons. The Hall–Kier alpha value is -1.55. The Balaban J connectivity index is 2.33. The van der Waals surface area contributed by atoms with Gasteiger partial charge in [0.1, 0.15) is 5.75 Å². The number of rotatable bonds is 9. The lowest BCUT2D eigenvalue weighted by atomic mass is 10.1. The molecule has 1 rings (SSSR count). The smallest absolute Gasteiger partial charge is 0.307 e. The third-order valence-corrected chi connectivity index (χ3v) is 3.54. The number of carbonyl (C=O) groups is 1. The van der Waals surface area contributed by atoms with Gasteiger partial charge in [-0.05, 0) is 39.3 Å². The van der Waals surface area contributed by atoms with Crippen LogP contribution in [0, 0.1) is 12.8 Å². The molecule has 0 saturated heterocycles. The van der Waals surface area contributed by atoms with E-state index in [1.165, 1.54) is 5.56 Å². The van der Waals surface area contributed by atoms with Gasteiger partial charge in [0.05, 0.1) is 12.5 Å². The first-order chi connectivity index (χ1) is 9.90. The van der Waals surface area contributed by atoms with Crippen LogP contribution in [0.4, 0.5) is 0 Å². The highest BCUT2D eigenvalue weighted by atomic mass is 16.5. The van der Waals surface area contributed by atoms with E-state index < -0.39 is 5.97 Å². The molecule has 21 heavy (non-hydrogen) atoms. The van der Waals surface area contributed by atoms with Gasteiger partial charge in [0.25, 0.3) is 0 Å². The lowest BCUT2D eigenvalue weighted by Crippen LogP contribution is -2.38. The van der Waals surface area contributed by atoms with Crippen LogP contribution in [-0.4, -0.2) is 41.7 Å². The summed E-state index contributed by atoms with van der Waals surface area (Å²) in [6.45, 7) is 10.1. The number of ether oxygens (including phenoxy) is 1. The molecule has 1 atom stereocenters. The molecule has 4 heteroatoms. The predicted octanol–water partition coefficient (Wildman–Crippen LogP) is 3.20. The minimum absolute atomic E-state index is 0.339. The van der Waals surface area contributed by atoms with Gasteiger partial charge in [-0.2, -0.15) is 0 Å². The Morgan fingerprint density at radius 2 is 1.86 bits per heavy atom. The lowest BCUT2D eigenvalue weighted by Gasteiger charge is -2.28. The highest BCUT2D eigenvalue weighted by Crippen LogP contribution is 2.12. The van der Waals surface area contributed by atoms with E-state index in [9.17, 15) is 4.79 Å². The van der Waals surface area contributed by atoms with Gasteiger partial charge in [0, 0.05) is 19.1 Å². The molecule has 0 bridgehead atoms. The first-order valence-corrected chi connectivity index (χ1v) is 7.56. The molecular formula is C17H27NO3. The van der Waals surface area contributed by atoms with Crippen LogP contribution in [0.15, 0.2) is 24.3 Å². The lowest BCUT2D eigenvalue weighted by molar-refractivity contribution is -0.141. The van der Waals surface area contributed by atoms with Crippen molar-refractivity contribution in [3.63, 3.8) is 0 Å². The van der Waals surface area contributed by atoms with Crippen LogP contribution in [0.3, 0.4) is 0 Å². The van der Waals surface area contributed by atoms with Crippen LogP contribution in [0.1, 0.15) is 32.8 Å². The number of nitrogens with zero attached hydrogens (tertiary/aromatic N) is 1. The molecule has 118 valence electrons. The Morgan fingerprint density at radius 1 is 1.24 bits per heavy atom. The average Bonchev–Trinajstić information content (AvgIpc) is 2.43.